The second-order valence-electron chi connectivity index (χ2n) is 9.37. The van der Waals surface area contributed by atoms with Crippen LogP contribution >= 0.6 is 0 Å². The van der Waals surface area contributed by atoms with E-state index in [0.717, 1.165) is 24.0 Å². The Labute approximate surface area is 215 Å². The smallest absolute Gasteiger partial charge is 0.255 e. The molecule has 0 bridgehead atoms. The van der Waals surface area contributed by atoms with Gasteiger partial charge >= 0.3 is 0 Å². The van der Waals surface area contributed by atoms with E-state index in [4.69, 9.17) is 4.42 Å². The molecule has 192 valence electrons. The maximum absolute atomic E-state index is 13.5. The van der Waals surface area contributed by atoms with Gasteiger partial charge in [0.2, 0.25) is 10.0 Å². The molecule has 5 rings (SSSR count). The van der Waals surface area contributed by atoms with Gasteiger partial charge in [-0.25, -0.2) is 17.1 Å². The molecule has 2 aromatic carbocycles. The van der Waals surface area contributed by atoms with Crippen molar-refractivity contribution in [3.8, 4) is 11.3 Å². The lowest BCUT2D eigenvalue weighted by Gasteiger charge is -2.33. The summed E-state index contributed by atoms with van der Waals surface area (Å²) in [6.07, 6.45) is 3.16. The molecule has 7 nitrogen and oxygen atoms in total. The Morgan fingerprint density at radius 3 is 2.68 bits per heavy atom. The van der Waals surface area contributed by atoms with E-state index in [9.17, 15) is 17.6 Å². The Kier molecular flexibility index (Phi) is 6.83. The highest BCUT2D eigenvalue weighted by molar-refractivity contribution is 7.88. The van der Waals surface area contributed by atoms with Gasteiger partial charge in [0.1, 0.15) is 22.9 Å². The normalized spacial score (nSPS) is 16.7. The number of aryl methyl sites for hydroxylation is 1. The van der Waals surface area contributed by atoms with Gasteiger partial charge in [0.05, 0.1) is 11.3 Å². The van der Waals surface area contributed by atoms with Gasteiger partial charge in [-0.15, -0.1) is 0 Å². The van der Waals surface area contributed by atoms with Crippen LogP contribution in [0.5, 0.6) is 0 Å². The largest absolute Gasteiger partial charge is 0.455 e. The van der Waals surface area contributed by atoms with E-state index >= 15 is 0 Å². The van der Waals surface area contributed by atoms with Crippen molar-refractivity contribution >= 4 is 26.9 Å². The summed E-state index contributed by atoms with van der Waals surface area (Å²) >= 11 is 0. The number of nitrogens with zero attached hydrogens (tertiary/aromatic N) is 2. The number of rotatable bonds is 6. The summed E-state index contributed by atoms with van der Waals surface area (Å²) in [5.74, 6) is -0.481. The minimum atomic E-state index is -3.54. The molecule has 37 heavy (non-hydrogen) atoms. The van der Waals surface area contributed by atoms with Crippen LogP contribution < -0.4 is 5.32 Å². The summed E-state index contributed by atoms with van der Waals surface area (Å²) in [6, 6.07) is 14.9. The van der Waals surface area contributed by atoms with Crippen LogP contribution in [0, 0.1) is 12.7 Å². The topological polar surface area (TPSA) is 92.5 Å². The molecule has 1 N–H and O–H groups in total. The number of benzene rings is 2. The first-order valence-corrected chi connectivity index (χ1v) is 13.8. The number of piperidine rings is 1. The maximum Gasteiger partial charge on any atom is 0.255 e. The second kappa shape index (κ2) is 10.1. The van der Waals surface area contributed by atoms with Gasteiger partial charge in [-0.3, -0.25) is 9.78 Å². The van der Waals surface area contributed by atoms with Crippen LogP contribution in [0.1, 0.15) is 45.9 Å². The number of amides is 1. The summed E-state index contributed by atoms with van der Waals surface area (Å²) in [6.45, 7) is 2.80. The van der Waals surface area contributed by atoms with Crippen molar-refractivity contribution in [2.75, 3.05) is 20.1 Å². The molecule has 0 aliphatic carbocycles. The molecule has 1 saturated heterocycles. The molecule has 0 radical (unpaired) electrons. The van der Waals surface area contributed by atoms with Gasteiger partial charge in [-0.05, 0) is 85.3 Å². The number of furan rings is 1. The molecule has 1 aliphatic heterocycles. The Morgan fingerprint density at radius 1 is 1.19 bits per heavy atom. The molecule has 0 spiro atoms. The molecule has 0 saturated carbocycles. The number of sulfonamides is 1. The van der Waals surface area contributed by atoms with E-state index in [1.807, 2.05) is 19.1 Å². The third-order valence-corrected chi connectivity index (χ3v) is 8.69. The van der Waals surface area contributed by atoms with E-state index < -0.39 is 10.0 Å². The van der Waals surface area contributed by atoms with Gasteiger partial charge in [-0.2, -0.15) is 0 Å². The Bertz CT molecular complexity index is 1550. The van der Waals surface area contributed by atoms with Gasteiger partial charge in [0.25, 0.3) is 5.91 Å². The SMILES string of the molecule is CNC(=O)c1c(-c2ccc(F)cc2)oc2cc(C)c(C3CCCN(S(=O)(=O)Cc4ccccn4)C3)cc12. The summed E-state index contributed by atoms with van der Waals surface area (Å²) in [7, 11) is -1.98. The van der Waals surface area contributed by atoms with E-state index in [1.54, 1.807) is 47.9 Å². The number of carbonyl (C=O) groups excluding carboxylic acids is 1. The van der Waals surface area contributed by atoms with Crippen LogP contribution in [0.25, 0.3) is 22.3 Å². The van der Waals surface area contributed by atoms with Crippen molar-refractivity contribution < 1.29 is 22.0 Å². The van der Waals surface area contributed by atoms with Crippen LogP contribution in [0.2, 0.25) is 0 Å². The van der Waals surface area contributed by atoms with Crippen LogP contribution in [0.15, 0.2) is 65.2 Å². The second-order valence-corrected chi connectivity index (χ2v) is 11.3. The monoisotopic (exact) mass is 521 g/mol. The average molecular weight is 522 g/mol. The molecule has 1 unspecified atom stereocenters. The number of carbonyl (C=O) groups is 1. The van der Waals surface area contributed by atoms with Crippen LogP contribution in [0.3, 0.4) is 0 Å². The molecular formula is C28H28FN3O4S. The molecule has 1 atom stereocenters. The van der Waals surface area contributed by atoms with Crippen LogP contribution in [-0.4, -0.2) is 43.8 Å². The summed E-state index contributed by atoms with van der Waals surface area (Å²) in [5, 5.41) is 3.32. The highest BCUT2D eigenvalue weighted by atomic mass is 32.2. The molecule has 2 aromatic heterocycles. The van der Waals surface area contributed by atoms with Crippen molar-refractivity contribution in [3.63, 3.8) is 0 Å². The molecule has 9 heteroatoms. The van der Waals surface area contributed by atoms with E-state index in [-0.39, 0.29) is 23.4 Å². The zero-order valence-corrected chi connectivity index (χ0v) is 21.5. The van der Waals surface area contributed by atoms with Gasteiger partial charge in [0, 0.05) is 37.3 Å². The molecule has 1 aliphatic rings. The fraction of sp³-hybridized carbons (Fsp3) is 0.286. The Balaban J connectivity index is 1.52. The number of fused-ring (bicyclic) bond motifs is 1. The third-order valence-electron chi connectivity index (χ3n) is 6.91. The van der Waals surface area contributed by atoms with Gasteiger partial charge in [-0.1, -0.05) is 6.07 Å². The van der Waals surface area contributed by atoms with E-state index in [2.05, 4.69) is 10.3 Å². The molecule has 1 amide bonds. The fourth-order valence-electron chi connectivity index (χ4n) is 5.07. The molecule has 1 fully saturated rings. The quantitative estimate of drug-likeness (QED) is 0.385. The van der Waals surface area contributed by atoms with Crippen molar-refractivity contribution in [1.82, 2.24) is 14.6 Å². The van der Waals surface area contributed by atoms with E-state index in [1.165, 1.54) is 12.1 Å². The number of nitrogens with one attached hydrogen (secondary N) is 1. The minimum Gasteiger partial charge on any atom is -0.455 e. The highest BCUT2D eigenvalue weighted by Crippen LogP contribution is 2.39. The molecule has 3 heterocycles. The Morgan fingerprint density at radius 2 is 1.97 bits per heavy atom. The van der Waals surface area contributed by atoms with E-state index in [0.29, 0.717) is 46.6 Å². The average Bonchev–Trinajstić information content (AvgIpc) is 3.26. The van der Waals surface area contributed by atoms with Gasteiger partial charge < -0.3 is 9.73 Å². The first kappa shape index (κ1) is 25.1. The number of hydrogen-bond acceptors (Lipinski definition) is 5. The summed E-state index contributed by atoms with van der Waals surface area (Å²) < 4.78 is 47.6. The predicted octanol–water partition coefficient (Wildman–Crippen LogP) is 5.01. The summed E-state index contributed by atoms with van der Waals surface area (Å²) in [4.78, 5) is 17.1. The summed E-state index contributed by atoms with van der Waals surface area (Å²) in [5.41, 5.74) is 3.99. The highest BCUT2D eigenvalue weighted by Gasteiger charge is 2.32. The number of aromatic nitrogens is 1. The number of hydrogen-bond donors (Lipinski definition) is 1. The van der Waals surface area contributed by atoms with Crippen molar-refractivity contribution in [2.45, 2.75) is 31.4 Å². The number of halogens is 1. The lowest BCUT2D eigenvalue weighted by atomic mass is 9.87. The first-order chi connectivity index (χ1) is 17.8. The van der Waals surface area contributed by atoms with Crippen molar-refractivity contribution in [1.29, 1.82) is 0 Å². The first-order valence-electron chi connectivity index (χ1n) is 12.2. The minimum absolute atomic E-state index is 0.0293. The Hall–Kier alpha value is -3.56. The zero-order chi connectivity index (χ0) is 26.2. The van der Waals surface area contributed by atoms with Crippen molar-refractivity contribution in [2.24, 2.45) is 0 Å². The number of pyridine rings is 1. The predicted molar refractivity (Wildman–Crippen MR) is 140 cm³/mol. The lowest BCUT2D eigenvalue weighted by Crippen LogP contribution is -2.40. The van der Waals surface area contributed by atoms with Crippen LogP contribution in [-0.2, 0) is 15.8 Å². The lowest BCUT2D eigenvalue weighted by molar-refractivity contribution is 0.0964. The maximum atomic E-state index is 13.5. The van der Waals surface area contributed by atoms with Crippen molar-refractivity contribution in [3.05, 3.63) is 89.0 Å². The fourth-order valence-corrected chi connectivity index (χ4v) is 6.61. The standard InChI is InChI=1S/C28H28FN3O4S/c1-18-14-25-24(26(28(33)30-2)27(36-25)19-8-10-21(29)11-9-19)15-23(18)20-6-5-13-32(16-20)37(34,35)17-22-7-3-4-12-31-22/h3-4,7-12,14-15,20H,5-6,13,16-17H2,1-2H3,(H,30,33). The van der Waals surface area contributed by atoms with Crippen LogP contribution in [0.4, 0.5) is 4.39 Å². The third kappa shape index (κ3) is 5.01. The molecule has 4 aromatic rings. The molecular weight excluding hydrogens is 493 g/mol. The van der Waals surface area contributed by atoms with Gasteiger partial charge in [0.15, 0.2) is 0 Å². The zero-order valence-electron chi connectivity index (χ0n) is 20.7.